The van der Waals surface area contributed by atoms with Gasteiger partial charge in [0, 0.05) is 24.2 Å². The highest BCUT2D eigenvalue weighted by molar-refractivity contribution is 7.12. The minimum atomic E-state index is -0.0186. The SMILES string of the molecule is Nc1nc(N)c2cc(NCc3ccc(CCNC(=O)c4cccs4)cc3)ccc2n1. The molecule has 0 unspecified atom stereocenters. The maximum atomic E-state index is 12.0. The molecule has 2 aromatic heterocycles. The van der Waals surface area contributed by atoms with Crippen molar-refractivity contribution >= 4 is 45.6 Å². The molecule has 0 atom stereocenters. The van der Waals surface area contributed by atoms with Crippen LogP contribution in [-0.4, -0.2) is 22.4 Å². The normalized spacial score (nSPS) is 10.8. The molecule has 0 radical (unpaired) electrons. The minimum absolute atomic E-state index is 0.0186. The van der Waals surface area contributed by atoms with Gasteiger partial charge in [0.15, 0.2) is 0 Å². The second kappa shape index (κ2) is 8.79. The van der Waals surface area contributed by atoms with Crippen molar-refractivity contribution in [2.45, 2.75) is 13.0 Å². The van der Waals surface area contributed by atoms with E-state index >= 15 is 0 Å². The Morgan fingerprint density at radius 3 is 2.57 bits per heavy atom. The number of nitrogens with one attached hydrogen (secondary N) is 2. The van der Waals surface area contributed by atoms with Crippen molar-refractivity contribution in [1.29, 1.82) is 0 Å². The third-order valence-corrected chi connectivity index (χ3v) is 5.57. The first-order valence-corrected chi connectivity index (χ1v) is 10.4. The summed E-state index contributed by atoms with van der Waals surface area (Å²) in [6.45, 7) is 1.29. The smallest absolute Gasteiger partial charge is 0.261 e. The van der Waals surface area contributed by atoms with Gasteiger partial charge < -0.3 is 22.1 Å². The van der Waals surface area contributed by atoms with Crippen LogP contribution in [0.4, 0.5) is 17.5 Å². The molecule has 2 heterocycles. The molecule has 30 heavy (non-hydrogen) atoms. The van der Waals surface area contributed by atoms with E-state index in [9.17, 15) is 4.79 Å². The number of fused-ring (bicyclic) bond motifs is 1. The van der Waals surface area contributed by atoms with Crippen molar-refractivity contribution in [2.75, 3.05) is 23.3 Å². The van der Waals surface area contributed by atoms with Crippen LogP contribution in [-0.2, 0) is 13.0 Å². The quantitative estimate of drug-likeness (QED) is 0.365. The zero-order chi connectivity index (χ0) is 20.9. The third kappa shape index (κ3) is 4.66. The van der Waals surface area contributed by atoms with Crippen LogP contribution in [0.15, 0.2) is 60.0 Å². The number of carbonyl (C=O) groups excluding carboxylic acids is 1. The van der Waals surface area contributed by atoms with Gasteiger partial charge in [0.25, 0.3) is 5.91 Å². The van der Waals surface area contributed by atoms with Gasteiger partial charge in [0.05, 0.1) is 10.4 Å². The zero-order valence-corrected chi connectivity index (χ0v) is 17.1. The highest BCUT2D eigenvalue weighted by Gasteiger charge is 2.06. The van der Waals surface area contributed by atoms with Crippen LogP contribution in [0.3, 0.4) is 0 Å². The first kappa shape index (κ1) is 19.7. The Bertz CT molecular complexity index is 1160. The fraction of sp³-hybridized carbons (Fsp3) is 0.136. The Labute approximate surface area is 178 Å². The van der Waals surface area contributed by atoms with E-state index in [1.807, 2.05) is 35.7 Å². The van der Waals surface area contributed by atoms with Crippen molar-refractivity contribution in [3.8, 4) is 0 Å². The number of anilines is 3. The Kier molecular flexibility index (Phi) is 5.76. The summed E-state index contributed by atoms with van der Waals surface area (Å²) in [5.74, 6) is 0.526. The van der Waals surface area contributed by atoms with E-state index < -0.39 is 0 Å². The number of hydrogen-bond acceptors (Lipinski definition) is 7. The molecule has 0 aliphatic heterocycles. The first-order chi connectivity index (χ1) is 14.6. The molecule has 4 aromatic rings. The Morgan fingerprint density at radius 1 is 1.00 bits per heavy atom. The summed E-state index contributed by atoms with van der Waals surface area (Å²) in [7, 11) is 0. The monoisotopic (exact) mass is 418 g/mol. The molecular weight excluding hydrogens is 396 g/mol. The predicted molar refractivity (Wildman–Crippen MR) is 122 cm³/mol. The van der Waals surface area contributed by atoms with Crippen LogP contribution in [0.1, 0.15) is 20.8 Å². The summed E-state index contributed by atoms with van der Waals surface area (Å²) < 4.78 is 0. The number of thiophene rings is 1. The van der Waals surface area contributed by atoms with E-state index in [4.69, 9.17) is 11.5 Å². The first-order valence-electron chi connectivity index (χ1n) is 9.54. The molecule has 0 fully saturated rings. The lowest BCUT2D eigenvalue weighted by atomic mass is 10.1. The molecule has 0 saturated carbocycles. The van der Waals surface area contributed by atoms with E-state index in [-0.39, 0.29) is 11.9 Å². The van der Waals surface area contributed by atoms with Gasteiger partial charge in [0.2, 0.25) is 5.95 Å². The molecule has 0 spiro atoms. The summed E-state index contributed by atoms with van der Waals surface area (Å²) in [6, 6.07) is 17.8. The molecule has 0 aliphatic carbocycles. The number of aromatic nitrogens is 2. The Hall–Kier alpha value is -3.65. The van der Waals surface area contributed by atoms with Gasteiger partial charge in [-0.1, -0.05) is 30.3 Å². The molecule has 8 heteroatoms. The van der Waals surface area contributed by atoms with E-state index in [0.29, 0.717) is 18.9 Å². The Balaban J connectivity index is 1.30. The van der Waals surface area contributed by atoms with E-state index in [1.165, 1.54) is 16.9 Å². The summed E-state index contributed by atoms with van der Waals surface area (Å²) in [5, 5.41) is 9.01. The average Bonchev–Trinajstić information content (AvgIpc) is 3.28. The van der Waals surface area contributed by atoms with Gasteiger partial charge in [-0.2, -0.15) is 4.98 Å². The van der Waals surface area contributed by atoms with Crippen LogP contribution in [0.25, 0.3) is 10.9 Å². The number of nitrogens with two attached hydrogens (primary N) is 2. The van der Waals surface area contributed by atoms with Gasteiger partial charge in [-0.15, -0.1) is 11.3 Å². The van der Waals surface area contributed by atoms with Crippen molar-refractivity contribution in [1.82, 2.24) is 15.3 Å². The average molecular weight is 419 g/mol. The van der Waals surface area contributed by atoms with Gasteiger partial charge in [0.1, 0.15) is 5.82 Å². The summed E-state index contributed by atoms with van der Waals surface area (Å²) in [6.07, 6.45) is 0.790. The molecule has 1 amide bonds. The molecule has 0 bridgehead atoms. The summed E-state index contributed by atoms with van der Waals surface area (Å²) in [5.41, 5.74) is 15.6. The molecule has 0 aliphatic rings. The molecule has 7 nitrogen and oxygen atoms in total. The molecular formula is C22H22N6OS. The number of nitrogen functional groups attached to an aromatic ring is 2. The number of benzene rings is 2. The van der Waals surface area contributed by atoms with Gasteiger partial charge in [-0.25, -0.2) is 4.98 Å². The highest BCUT2D eigenvalue weighted by Crippen LogP contribution is 2.23. The second-order valence-corrected chi connectivity index (χ2v) is 7.80. The summed E-state index contributed by atoms with van der Waals surface area (Å²) >= 11 is 1.45. The Morgan fingerprint density at radius 2 is 1.80 bits per heavy atom. The molecule has 2 aromatic carbocycles. The lowest BCUT2D eigenvalue weighted by molar-refractivity contribution is 0.0958. The van der Waals surface area contributed by atoms with E-state index in [2.05, 4.69) is 44.9 Å². The standard InChI is InChI=1S/C22H22N6OS/c23-20-17-12-16(7-8-18(17)27-22(24)28-20)26-13-15-5-3-14(4-6-15)9-10-25-21(29)19-2-1-11-30-19/h1-8,11-12,26H,9-10,13H2,(H,25,29)(H4,23,24,27,28). The number of amides is 1. The maximum Gasteiger partial charge on any atom is 0.261 e. The number of hydrogen-bond donors (Lipinski definition) is 4. The van der Waals surface area contributed by atoms with Crippen LogP contribution in [0.2, 0.25) is 0 Å². The number of nitrogens with zero attached hydrogens (tertiary/aromatic N) is 2. The minimum Gasteiger partial charge on any atom is -0.383 e. The largest absolute Gasteiger partial charge is 0.383 e. The molecule has 0 saturated heterocycles. The van der Waals surface area contributed by atoms with E-state index in [0.717, 1.165) is 33.5 Å². The summed E-state index contributed by atoms with van der Waals surface area (Å²) in [4.78, 5) is 20.9. The topological polar surface area (TPSA) is 119 Å². The number of rotatable bonds is 7. The fourth-order valence-corrected chi connectivity index (χ4v) is 3.76. The predicted octanol–water partition coefficient (Wildman–Crippen LogP) is 3.44. The van der Waals surface area contributed by atoms with Gasteiger partial charge in [-0.3, -0.25) is 4.79 Å². The molecule has 152 valence electrons. The lowest BCUT2D eigenvalue weighted by Gasteiger charge is -2.10. The second-order valence-electron chi connectivity index (χ2n) is 6.85. The lowest BCUT2D eigenvalue weighted by Crippen LogP contribution is -2.24. The third-order valence-electron chi connectivity index (χ3n) is 4.71. The van der Waals surface area contributed by atoms with Crippen LogP contribution in [0.5, 0.6) is 0 Å². The van der Waals surface area contributed by atoms with Crippen molar-refractivity contribution < 1.29 is 4.79 Å². The van der Waals surface area contributed by atoms with Gasteiger partial charge in [-0.05, 0) is 47.2 Å². The van der Waals surface area contributed by atoms with Crippen LogP contribution in [0, 0.1) is 0 Å². The van der Waals surface area contributed by atoms with Gasteiger partial charge >= 0.3 is 0 Å². The van der Waals surface area contributed by atoms with E-state index in [1.54, 1.807) is 0 Å². The zero-order valence-electron chi connectivity index (χ0n) is 16.3. The maximum absolute atomic E-state index is 12.0. The number of carbonyl (C=O) groups is 1. The van der Waals surface area contributed by atoms with Crippen LogP contribution >= 0.6 is 11.3 Å². The van der Waals surface area contributed by atoms with Crippen LogP contribution < -0.4 is 22.1 Å². The molecule has 6 N–H and O–H groups in total. The highest BCUT2D eigenvalue weighted by atomic mass is 32.1. The van der Waals surface area contributed by atoms with Crippen molar-refractivity contribution in [3.05, 3.63) is 76.0 Å². The van der Waals surface area contributed by atoms with Crippen molar-refractivity contribution in [2.24, 2.45) is 0 Å². The fourth-order valence-electron chi connectivity index (χ4n) is 3.12. The molecule has 4 rings (SSSR count). The van der Waals surface area contributed by atoms with Crippen molar-refractivity contribution in [3.63, 3.8) is 0 Å².